The monoisotopic (exact) mass is 284 g/mol. The van der Waals surface area contributed by atoms with Crippen molar-refractivity contribution < 1.29 is 4.39 Å². The Balaban J connectivity index is 2.22. The smallest absolute Gasteiger partial charge is 0.146 e. The topological polar surface area (TPSA) is 29.3 Å². The van der Waals surface area contributed by atoms with Gasteiger partial charge in [0.15, 0.2) is 0 Å². The van der Waals surface area contributed by atoms with Gasteiger partial charge in [-0.25, -0.2) is 4.39 Å². The molecule has 1 unspecified atom stereocenters. The van der Waals surface area contributed by atoms with Crippen molar-refractivity contribution in [3.63, 3.8) is 0 Å². The highest BCUT2D eigenvalue weighted by molar-refractivity contribution is 6.30. The van der Waals surface area contributed by atoms with E-state index >= 15 is 0 Å². The van der Waals surface area contributed by atoms with E-state index in [0.29, 0.717) is 18.2 Å². The Bertz CT molecular complexity index is 419. The van der Waals surface area contributed by atoms with Gasteiger partial charge in [-0.05, 0) is 25.8 Å². The first-order valence-corrected chi connectivity index (χ1v) is 7.42. The standard InChI is InChI=1S/C15H22ClFN2/c1-11(13-7-4-8-14(16)15(13)17)19(10-9-18)12-5-2-3-6-12/h4,7-8,11-12H,2-3,5-6,9-10,18H2,1H3. The molecule has 1 aromatic rings. The second-order valence-electron chi connectivity index (χ2n) is 5.28. The number of benzene rings is 1. The third-order valence-electron chi connectivity index (χ3n) is 4.11. The van der Waals surface area contributed by atoms with Crippen molar-refractivity contribution in [2.75, 3.05) is 13.1 Å². The first kappa shape index (κ1) is 14.8. The summed E-state index contributed by atoms with van der Waals surface area (Å²) < 4.78 is 14.1. The predicted octanol–water partition coefficient (Wildman–Crippen LogP) is 3.74. The average Bonchev–Trinajstić information content (AvgIpc) is 2.92. The van der Waals surface area contributed by atoms with E-state index in [-0.39, 0.29) is 16.9 Å². The van der Waals surface area contributed by atoms with Crippen LogP contribution in [0.25, 0.3) is 0 Å². The fourth-order valence-corrected chi connectivity index (χ4v) is 3.28. The first-order valence-electron chi connectivity index (χ1n) is 7.05. The first-order chi connectivity index (χ1) is 9.15. The van der Waals surface area contributed by atoms with E-state index in [4.69, 9.17) is 17.3 Å². The third-order valence-corrected chi connectivity index (χ3v) is 4.40. The van der Waals surface area contributed by atoms with Crippen LogP contribution in [0.15, 0.2) is 18.2 Å². The van der Waals surface area contributed by atoms with Crippen LogP contribution in [0.5, 0.6) is 0 Å². The Morgan fingerprint density at radius 1 is 1.42 bits per heavy atom. The zero-order valence-electron chi connectivity index (χ0n) is 11.4. The summed E-state index contributed by atoms with van der Waals surface area (Å²) in [6.45, 7) is 3.45. The molecule has 1 aliphatic rings. The van der Waals surface area contributed by atoms with Gasteiger partial charge in [0.2, 0.25) is 0 Å². The lowest BCUT2D eigenvalue weighted by atomic mass is 10.0. The number of nitrogens with zero attached hydrogens (tertiary/aromatic N) is 1. The minimum atomic E-state index is -0.295. The maximum atomic E-state index is 14.1. The van der Waals surface area contributed by atoms with Crippen molar-refractivity contribution >= 4 is 11.6 Å². The lowest BCUT2D eigenvalue weighted by Gasteiger charge is -2.34. The minimum Gasteiger partial charge on any atom is -0.329 e. The van der Waals surface area contributed by atoms with Gasteiger partial charge in [0.25, 0.3) is 0 Å². The molecule has 0 spiro atoms. The molecule has 19 heavy (non-hydrogen) atoms. The molecule has 0 aliphatic heterocycles. The van der Waals surface area contributed by atoms with E-state index in [1.165, 1.54) is 25.7 Å². The van der Waals surface area contributed by atoms with Gasteiger partial charge in [-0.15, -0.1) is 0 Å². The maximum Gasteiger partial charge on any atom is 0.146 e. The summed E-state index contributed by atoms with van der Waals surface area (Å²) in [6, 6.07) is 5.77. The Labute approximate surface area is 119 Å². The van der Waals surface area contributed by atoms with Crippen molar-refractivity contribution in [3.05, 3.63) is 34.6 Å². The normalized spacial score (nSPS) is 18.2. The molecule has 0 amide bonds. The van der Waals surface area contributed by atoms with E-state index in [2.05, 4.69) is 4.90 Å². The van der Waals surface area contributed by atoms with Crippen molar-refractivity contribution in [2.45, 2.75) is 44.7 Å². The highest BCUT2D eigenvalue weighted by Crippen LogP contribution is 2.33. The highest BCUT2D eigenvalue weighted by atomic mass is 35.5. The molecule has 2 N–H and O–H groups in total. The SMILES string of the molecule is CC(c1cccc(Cl)c1F)N(CCN)C1CCCC1. The van der Waals surface area contributed by atoms with Crippen molar-refractivity contribution in [1.82, 2.24) is 4.90 Å². The van der Waals surface area contributed by atoms with Crippen molar-refractivity contribution in [2.24, 2.45) is 5.73 Å². The number of halogens is 2. The molecule has 2 nitrogen and oxygen atoms in total. The van der Waals surface area contributed by atoms with Gasteiger partial charge in [0, 0.05) is 30.7 Å². The zero-order chi connectivity index (χ0) is 13.8. The lowest BCUT2D eigenvalue weighted by molar-refractivity contribution is 0.147. The van der Waals surface area contributed by atoms with Gasteiger partial charge in [-0.1, -0.05) is 36.6 Å². The molecule has 1 saturated carbocycles. The molecule has 106 valence electrons. The number of hydrogen-bond acceptors (Lipinski definition) is 2. The van der Waals surface area contributed by atoms with Crippen LogP contribution in [0, 0.1) is 5.82 Å². The molecule has 1 aliphatic carbocycles. The molecule has 0 bridgehead atoms. The molecule has 2 rings (SSSR count). The summed E-state index contributed by atoms with van der Waals surface area (Å²) in [5, 5.41) is 0.198. The quantitative estimate of drug-likeness (QED) is 0.892. The van der Waals surface area contributed by atoms with Gasteiger partial charge in [-0.3, -0.25) is 4.90 Å². The Hall–Kier alpha value is -0.640. The summed E-state index contributed by atoms with van der Waals surface area (Å²) in [5.41, 5.74) is 6.39. The zero-order valence-corrected chi connectivity index (χ0v) is 12.2. The van der Waals surface area contributed by atoms with Crippen LogP contribution in [0.3, 0.4) is 0 Å². The van der Waals surface area contributed by atoms with Crippen LogP contribution in [0.4, 0.5) is 4.39 Å². The summed E-state index contributed by atoms with van der Waals surface area (Å²) in [5.74, 6) is -0.295. The summed E-state index contributed by atoms with van der Waals surface area (Å²) >= 11 is 5.88. The number of hydrogen-bond donors (Lipinski definition) is 1. The highest BCUT2D eigenvalue weighted by Gasteiger charge is 2.28. The maximum absolute atomic E-state index is 14.1. The molecule has 0 saturated heterocycles. The van der Waals surface area contributed by atoms with E-state index in [0.717, 1.165) is 6.54 Å². The summed E-state index contributed by atoms with van der Waals surface area (Å²) in [6.07, 6.45) is 4.89. The molecule has 1 aromatic carbocycles. The van der Waals surface area contributed by atoms with Crippen LogP contribution in [0.2, 0.25) is 5.02 Å². The van der Waals surface area contributed by atoms with Crippen LogP contribution < -0.4 is 5.73 Å². The molecule has 0 heterocycles. The van der Waals surface area contributed by atoms with Crippen molar-refractivity contribution in [3.8, 4) is 0 Å². The molecule has 4 heteroatoms. The Morgan fingerprint density at radius 2 is 2.11 bits per heavy atom. The Kier molecular flexibility index (Phi) is 5.20. The van der Waals surface area contributed by atoms with Crippen LogP contribution in [0.1, 0.15) is 44.2 Å². The molecular weight excluding hydrogens is 263 g/mol. The number of rotatable bonds is 5. The van der Waals surface area contributed by atoms with Gasteiger partial charge in [-0.2, -0.15) is 0 Å². The summed E-state index contributed by atoms with van der Waals surface area (Å²) in [7, 11) is 0. The van der Waals surface area contributed by atoms with E-state index in [1.807, 2.05) is 19.1 Å². The number of nitrogens with two attached hydrogens (primary N) is 1. The molecule has 1 atom stereocenters. The van der Waals surface area contributed by atoms with Gasteiger partial charge in [0.05, 0.1) is 5.02 Å². The second-order valence-corrected chi connectivity index (χ2v) is 5.69. The second kappa shape index (κ2) is 6.69. The van der Waals surface area contributed by atoms with Gasteiger partial charge in [0.1, 0.15) is 5.82 Å². The van der Waals surface area contributed by atoms with Crippen LogP contribution in [-0.4, -0.2) is 24.0 Å². The van der Waals surface area contributed by atoms with Gasteiger partial charge >= 0.3 is 0 Å². The van der Waals surface area contributed by atoms with E-state index in [1.54, 1.807) is 6.07 Å². The fourth-order valence-electron chi connectivity index (χ4n) is 3.10. The molecular formula is C15H22ClFN2. The van der Waals surface area contributed by atoms with Crippen LogP contribution in [-0.2, 0) is 0 Å². The molecule has 0 aromatic heterocycles. The molecule has 1 fully saturated rings. The lowest BCUT2D eigenvalue weighted by Crippen LogP contribution is -2.39. The average molecular weight is 285 g/mol. The van der Waals surface area contributed by atoms with Crippen LogP contribution >= 0.6 is 11.6 Å². The van der Waals surface area contributed by atoms with E-state index < -0.39 is 0 Å². The van der Waals surface area contributed by atoms with E-state index in [9.17, 15) is 4.39 Å². The minimum absolute atomic E-state index is 0.0188. The van der Waals surface area contributed by atoms with Gasteiger partial charge < -0.3 is 5.73 Å². The largest absolute Gasteiger partial charge is 0.329 e. The summed E-state index contributed by atoms with van der Waals surface area (Å²) in [4.78, 5) is 2.34. The van der Waals surface area contributed by atoms with Crippen molar-refractivity contribution in [1.29, 1.82) is 0 Å². The Morgan fingerprint density at radius 3 is 2.74 bits per heavy atom. The predicted molar refractivity (Wildman–Crippen MR) is 77.8 cm³/mol. The molecule has 0 radical (unpaired) electrons. The fraction of sp³-hybridized carbons (Fsp3) is 0.600. The third kappa shape index (κ3) is 3.28.